The Morgan fingerprint density at radius 3 is 2.80 bits per heavy atom. The fraction of sp³-hybridized carbons (Fsp3) is 0.286. The Morgan fingerprint density at radius 1 is 1.50 bits per heavy atom. The number of hydrogen-bond donors (Lipinski definition) is 1. The van der Waals surface area contributed by atoms with Gasteiger partial charge >= 0.3 is 0 Å². The van der Waals surface area contributed by atoms with Gasteiger partial charge in [0.1, 0.15) is 5.82 Å². The number of aryl methyl sites for hydroxylation is 2. The Morgan fingerprint density at radius 2 is 2.20 bits per heavy atom. The van der Waals surface area contributed by atoms with Crippen molar-refractivity contribution in [3.05, 3.63) is 47.0 Å². The number of rotatable bonds is 3. The van der Waals surface area contributed by atoms with E-state index in [4.69, 9.17) is 5.73 Å². The highest BCUT2D eigenvalue weighted by Crippen LogP contribution is 2.19. The van der Waals surface area contributed by atoms with Gasteiger partial charge in [-0.1, -0.05) is 0 Å². The third kappa shape index (κ3) is 2.79. The molecule has 0 aliphatic carbocycles. The van der Waals surface area contributed by atoms with Crippen molar-refractivity contribution >= 4 is 11.6 Å². The van der Waals surface area contributed by atoms with Gasteiger partial charge in [0.2, 0.25) is 0 Å². The first-order chi connectivity index (χ1) is 9.38. The normalized spacial score (nSPS) is 10.6. The first-order valence-corrected chi connectivity index (χ1v) is 6.17. The molecular weight excluding hydrogens is 259 g/mol. The van der Waals surface area contributed by atoms with Gasteiger partial charge in [-0.25, -0.2) is 4.39 Å². The molecule has 0 spiro atoms. The maximum absolute atomic E-state index is 14.0. The van der Waals surface area contributed by atoms with Crippen LogP contribution in [-0.4, -0.2) is 27.6 Å². The van der Waals surface area contributed by atoms with Gasteiger partial charge < -0.3 is 10.6 Å². The van der Waals surface area contributed by atoms with Crippen LogP contribution >= 0.6 is 0 Å². The molecule has 0 saturated heterocycles. The smallest absolute Gasteiger partial charge is 0.256 e. The molecule has 5 nitrogen and oxygen atoms in total. The highest BCUT2D eigenvalue weighted by atomic mass is 19.1. The predicted octanol–water partition coefficient (Wildman–Crippen LogP) is 1.72. The van der Waals surface area contributed by atoms with E-state index >= 15 is 0 Å². The van der Waals surface area contributed by atoms with Crippen molar-refractivity contribution in [1.29, 1.82) is 0 Å². The lowest BCUT2D eigenvalue weighted by Crippen LogP contribution is -2.27. The van der Waals surface area contributed by atoms with E-state index in [1.165, 1.54) is 17.0 Å². The molecule has 0 saturated carbocycles. The molecule has 0 fully saturated rings. The van der Waals surface area contributed by atoms with Gasteiger partial charge in [-0.15, -0.1) is 0 Å². The van der Waals surface area contributed by atoms with E-state index in [-0.39, 0.29) is 5.56 Å². The van der Waals surface area contributed by atoms with E-state index in [1.807, 2.05) is 6.20 Å². The summed E-state index contributed by atoms with van der Waals surface area (Å²) in [5.74, 6) is -0.927. The Bertz CT molecular complexity index is 651. The number of nitrogens with zero attached hydrogens (tertiary/aromatic N) is 3. The van der Waals surface area contributed by atoms with E-state index in [0.717, 1.165) is 5.56 Å². The summed E-state index contributed by atoms with van der Waals surface area (Å²) in [6.45, 7) is 1.95. The first kappa shape index (κ1) is 14.0. The molecule has 1 aromatic heterocycles. The molecule has 0 atom stereocenters. The molecule has 0 aliphatic heterocycles. The van der Waals surface area contributed by atoms with Gasteiger partial charge in [-0.05, 0) is 24.6 Å². The molecule has 0 unspecified atom stereocenters. The number of anilines is 1. The van der Waals surface area contributed by atoms with Gasteiger partial charge in [-0.2, -0.15) is 5.10 Å². The molecule has 20 heavy (non-hydrogen) atoms. The number of nitrogen functional groups attached to an aromatic ring is 1. The lowest BCUT2D eigenvalue weighted by molar-refractivity contribution is 0.0780. The van der Waals surface area contributed by atoms with Crippen LogP contribution in [0.2, 0.25) is 0 Å². The molecule has 0 bridgehead atoms. The summed E-state index contributed by atoms with van der Waals surface area (Å²) in [6, 6.07) is 2.87. The van der Waals surface area contributed by atoms with E-state index in [1.54, 1.807) is 31.9 Å². The third-order valence-electron chi connectivity index (χ3n) is 3.03. The molecule has 2 N–H and O–H groups in total. The van der Waals surface area contributed by atoms with Crippen LogP contribution in [0.4, 0.5) is 10.1 Å². The second-order valence-electron chi connectivity index (χ2n) is 4.88. The summed E-state index contributed by atoms with van der Waals surface area (Å²) in [7, 11) is 3.42. The summed E-state index contributed by atoms with van der Waals surface area (Å²) in [4.78, 5) is 13.7. The molecule has 2 aromatic rings. The lowest BCUT2D eigenvalue weighted by atomic mass is 10.1. The summed E-state index contributed by atoms with van der Waals surface area (Å²) in [5.41, 5.74) is 7.29. The van der Waals surface area contributed by atoms with Crippen molar-refractivity contribution in [3.8, 4) is 0 Å². The second kappa shape index (κ2) is 5.32. The van der Waals surface area contributed by atoms with Crippen molar-refractivity contribution in [2.75, 3.05) is 12.8 Å². The van der Waals surface area contributed by atoms with Crippen LogP contribution in [0.25, 0.3) is 0 Å². The zero-order chi connectivity index (χ0) is 14.9. The Kier molecular flexibility index (Phi) is 3.74. The molecule has 2 rings (SSSR count). The summed E-state index contributed by atoms with van der Waals surface area (Å²) < 4.78 is 15.7. The highest BCUT2D eigenvalue weighted by molar-refractivity contribution is 5.95. The molecule has 0 radical (unpaired) electrons. The minimum atomic E-state index is -0.526. The fourth-order valence-electron chi connectivity index (χ4n) is 2.06. The number of hydrogen-bond acceptors (Lipinski definition) is 3. The van der Waals surface area contributed by atoms with Gasteiger partial charge in [0, 0.05) is 38.1 Å². The maximum atomic E-state index is 14.0. The van der Waals surface area contributed by atoms with Crippen molar-refractivity contribution in [1.82, 2.24) is 14.7 Å². The molecule has 1 aromatic carbocycles. The van der Waals surface area contributed by atoms with E-state index in [9.17, 15) is 9.18 Å². The van der Waals surface area contributed by atoms with Crippen molar-refractivity contribution in [2.45, 2.75) is 13.5 Å². The predicted molar refractivity (Wildman–Crippen MR) is 74.6 cm³/mol. The molecule has 6 heteroatoms. The van der Waals surface area contributed by atoms with Crippen LogP contribution in [0.15, 0.2) is 24.5 Å². The van der Waals surface area contributed by atoms with Crippen LogP contribution in [0, 0.1) is 12.7 Å². The summed E-state index contributed by atoms with van der Waals surface area (Å²) in [6.07, 6.45) is 3.48. The standard InChI is InChI=1S/C14H17FN4O/c1-9-4-11(16)5-12(13(9)15)14(20)18(2)7-10-6-17-19(3)8-10/h4-6,8H,7,16H2,1-3H3. The number of aromatic nitrogens is 2. The fourth-order valence-corrected chi connectivity index (χ4v) is 2.06. The monoisotopic (exact) mass is 276 g/mol. The van der Waals surface area contributed by atoms with Crippen LogP contribution in [-0.2, 0) is 13.6 Å². The van der Waals surface area contributed by atoms with Crippen LogP contribution in [0.3, 0.4) is 0 Å². The minimum Gasteiger partial charge on any atom is -0.399 e. The molecule has 106 valence electrons. The Labute approximate surface area is 116 Å². The van der Waals surface area contributed by atoms with E-state index < -0.39 is 11.7 Å². The molecular formula is C14H17FN4O. The van der Waals surface area contributed by atoms with Crippen LogP contribution < -0.4 is 5.73 Å². The van der Waals surface area contributed by atoms with Gasteiger partial charge in [-0.3, -0.25) is 9.48 Å². The number of nitrogens with two attached hydrogens (primary N) is 1. The highest BCUT2D eigenvalue weighted by Gasteiger charge is 2.18. The minimum absolute atomic E-state index is 0.00566. The zero-order valence-electron chi connectivity index (χ0n) is 11.7. The van der Waals surface area contributed by atoms with E-state index in [2.05, 4.69) is 5.10 Å². The first-order valence-electron chi connectivity index (χ1n) is 6.17. The number of carbonyl (C=O) groups is 1. The van der Waals surface area contributed by atoms with Crippen LogP contribution in [0.1, 0.15) is 21.5 Å². The average Bonchev–Trinajstić information content (AvgIpc) is 2.78. The van der Waals surface area contributed by atoms with Crippen molar-refractivity contribution < 1.29 is 9.18 Å². The summed E-state index contributed by atoms with van der Waals surface area (Å²) in [5, 5.41) is 4.03. The van der Waals surface area contributed by atoms with Crippen molar-refractivity contribution in [2.24, 2.45) is 7.05 Å². The SMILES string of the molecule is Cc1cc(N)cc(C(=O)N(C)Cc2cnn(C)c2)c1F. The van der Waals surface area contributed by atoms with Gasteiger partial charge in [0.15, 0.2) is 0 Å². The van der Waals surface area contributed by atoms with E-state index in [0.29, 0.717) is 17.8 Å². The van der Waals surface area contributed by atoms with Gasteiger partial charge in [0.25, 0.3) is 5.91 Å². The number of benzene rings is 1. The van der Waals surface area contributed by atoms with Crippen molar-refractivity contribution in [3.63, 3.8) is 0 Å². The lowest BCUT2D eigenvalue weighted by Gasteiger charge is -2.17. The number of amides is 1. The zero-order valence-corrected chi connectivity index (χ0v) is 11.7. The Hall–Kier alpha value is -2.37. The quantitative estimate of drug-likeness (QED) is 0.868. The molecule has 0 aliphatic rings. The second-order valence-corrected chi connectivity index (χ2v) is 4.88. The summed E-state index contributed by atoms with van der Waals surface area (Å²) >= 11 is 0. The largest absolute Gasteiger partial charge is 0.399 e. The molecule has 1 heterocycles. The van der Waals surface area contributed by atoms with Gasteiger partial charge in [0.05, 0.1) is 11.8 Å². The molecule has 1 amide bonds. The maximum Gasteiger partial charge on any atom is 0.256 e. The topological polar surface area (TPSA) is 64.2 Å². The number of halogens is 1. The van der Waals surface area contributed by atoms with Crippen LogP contribution in [0.5, 0.6) is 0 Å². The Balaban J connectivity index is 2.22. The average molecular weight is 276 g/mol. The number of carbonyl (C=O) groups excluding carboxylic acids is 1. The third-order valence-corrected chi connectivity index (χ3v) is 3.03.